The lowest BCUT2D eigenvalue weighted by atomic mass is 9.98. The lowest BCUT2D eigenvalue weighted by Crippen LogP contribution is -2.63. The molecule has 1 aliphatic heterocycles. The number of pyridine rings is 1. The van der Waals surface area contributed by atoms with Crippen molar-refractivity contribution in [3.63, 3.8) is 0 Å². The minimum absolute atomic E-state index is 0.0616. The van der Waals surface area contributed by atoms with Crippen LogP contribution in [0.2, 0.25) is 0 Å². The SMILES string of the molecule is CCCCCCCCOc1c(O)c2ccc(NC(=O)/C=C/c3cc(OC)c(O[C@@H]4O[C@H](COC(C)=O)[C@H](OC(C)=O)[C@H](OC(C)=O)[C@H]4OC(C)=O)c(OC)c3)cc2n(C)c1=O. The number of carbonyl (C=O) groups excluding carboxylic acids is 5. The summed E-state index contributed by atoms with van der Waals surface area (Å²) in [7, 11) is 4.23. The van der Waals surface area contributed by atoms with Crippen molar-refractivity contribution in [3.05, 3.63) is 52.3 Å². The van der Waals surface area contributed by atoms with Gasteiger partial charge < -0.3 is 57.6 Å². The second-order valence-electron chi connectivity index (χ2n) is 14.2. The van der Waals surface area contributed by atoms with Crippen LogP contribution in [0.1, 0.15) is 78.7 Å². The minimum Gasteiger partial charge on any atom is -0.504 e. The molecule has 0 aliphatic carbocycles. The number of methoxy groups -OCH3 is 2. The van der Waals surface area contributed by atoms with E-state index >= 15 is 0 Å². The van der Waals surface area contributed by atoms with Gasteiger partial charge in [0.05, 0.1) is 26.3 Å². The highest BCUT2D eigenvalue weighted by Gasteiger charge is 2.53. The number of benzene rings is 2. The van der Waals surface area contributed by atoms with Crippen LogP contribution in [-0.2, 0) is 54.7 Å². The Balaban J connectivity index is 1.56. The van der Waals surface area contributed by atoms with E-state index in [-0.39, 0.29) is 28.7 Å². The number of esters is 4. The Morgan fingerprint density at radius 3 is 2.02 bits per heavy atom. The molecule has 1 saturated heterocycles. The Bertz CT molecular complexity index is 2120. The normalized spacial score (nSPS) is 18.5. The van der Waals surface area contributed by atoms with Crippen LogP contribution in [0.4, 0.5) is 5.69 Å². The first-order valence-corrected chi connectivity index (χ1v) is 19.8. The predicted octanol–water partition coefficient (Wildman–Crippen LogP) is 5.11. The number of ether oxygens (including phenoxy) is 9. The van der Waals surface area contributed by atoms with Crippen molar-refractivity contribution in [1.29, 1.82) is 0 Å². The predicted molar refractivity (Wildman–Crippen MR) is 220 cm³/mol. The van der Waals surface area contributed by atoms with Gasteiger partial charge in [0, 0.05) is 51.9 Å². The summed E-state index contributed by atoms with van der Waals surface area (Å²) < 4.78 is 52.1. The molecule has 0 unspecified atom stereocenters. The highest BCUT2D eigenvalue weighted by molar-refractivity contribution is 6.03. The van der Waals surface area contributed by atoms with Gasteiger partial charge >= 0.3 is 23.9 Å². The molecule has 0 saturated carbocycles. The molecule has 1 aliphatic rings. The zero-order chi connectivity index (χ0) is 44.8. The number of aromatic hydroxyl groups is 1. The summed E-state index contributed by atoms with van der Waals surface area (Å²) in [6, 6.07) is 7.75. The van der Waals surface area contributed by atoms with Crippen LogP contribution in [0.3, 0.4) is 0 Å². The van der Waals surface area contributed by atoms with E-state index in [2.05, 4.69) is 12.2 Å². The van der Waals surface area contributed by atoms with Gasteiger partial charge in [0.1, 0.15) is 12.7 Å². The smallest absolute Gasteiger partial charge is 0.303 e. The van der Waals surface area contributed by atoms with Crippen LogP contribution in [0.5, 0.6) is 28.7 Å². The third-order valence-corrected chi connectivity index (χ3v) is 9.43. The molecule has 2 heterocycles. The number of hydrogen-bond donors (Lipinski definition) is 2. The maximum atomic E-state index is 13.1. The van der Waals surface area contributed by atoms with Crippen LogP contribution in [0.25, 0.3) is 17.0 Å². The van der Waals surface area contributed by atoms with Crippen molar-refractivity contribution in [1.82, 2.24) is 4.57 Å². The summed E-state index contributed by atoms with van der Waals surface area (Å²) >= 11 is 0. The third-order valence-electron chi connectivity index (χ3n) is 9.43. The monoisotopic (exact) mass is 854 g/mol. The van der Waals surface area contributed by atoms with E-state index in [1.807, 2.05) is 0 Å². The Hall–Kier alpha value is -6.30. The topological polar surface area (TPSA) is 223 Å². The molecule has 0 bridgehead atoms. The van der Waals surface area contributed by atoms with Gasteiger partial charge in [-0.1, -0.05) is 39.0 Å². The van der Waals surface area contributed by atoms with E-state index in [0.29, 0.717) is 28.8 Å². The number of amides is 1. The van der Waals surface area contributed by atoms with Crippen molar-refractivity contribution in [2.45, 2.75) is 104 Å². The molecular weight excluding hydrogens is 800 g/mol. The van der Waals surface area contributed by atoms with Gasteiger partial charge in [0.25, 0.3) is 5.56 Å². The molecule has 3 aromatic rings. The van der Waals surface area contributed by atoms with Gasteiger partial charge in [-0.15, -0.1) is 0 Å². The lowest BCUT2D eigenvalue weighted by Gasteiger charge is -2.44. The molecule has 61 heavy (non-hydrogen) atoms. The van der Waals surface area contributed by atoms with E-state index in [4.69, 9.17) is 42.6 Å². The molecule has 5 atom stereocenters. The summed E-state index contributed by atoms with van der Waals surface area (Å²) in [5.74, 6) is -3.96. The van der Waals surface area contributed by atoms with E-state index in [1.54, 1.807) is 25.2 Å². The fraction of sp³-hybridized carbons (Fsp3) is 0.488. The Morgan fingerprint density at radius 2 is 1.41 bits per heavy atom. The average molecular weight is 855 g/mol. The highest BCUT2D eigenvalue weighted by Crippen LogP contribution is 2.42. The molecule has 18 nitrogen and oxygen atoms in total. The summed E-state index contributed by atoms with van der Waals surface area (Å²) in [4.78, 5) is 74.7. The molecule has 0 spiro atoms. The van der Waals surface area contributed by atoms with Crippen LogP contribution in [0.15, 0.2) is 41.2 Å². The Labute approximate surface area is 352 Å². The number of nitrogens with zero attached hydrogens (tertiary/aromatic N) is 1. The molecule has 18 heteroatoms. The molecule has 2 N–H and O–H groups in total. The number of fused-ring (bicyclic) bond motifs is 1. The number of rotatable bonds is 20. The summed E-state index contributed by atoms with van der Waals surface area (Å²) in [5, 5.41) is 14.1. The second-order valence-corrected chi connectivity index (χ2v) is 14.2. The molecule has 1 aromatic heterocycles. The van der Waals surface area contributed by atoms with Gasteiger partial charge in [-0.2, -0.15) is 0 Å². The first-order valence-electron chi connectivity index (χ1n) is 19.8. The maximum absolute atomic E-state index is 13.1. The first kappa shape index (κ1) is 47.4. The fourth-order valence-electron chi connectivity index (χ4n) is 6.63. The summed E-state index contributed by atoms with van der Waals surface area (Å²) in [6.07, 6.45) is 1.74. The fourth-order valence-corrected chi connectivity index (χ4v) is 6.63. The number of aromatic nitrogens is 1. The minimum atomic E-state index is -1.58. The van der Waals surface area contributed by atoms with Crippen molar-refractivity contribution < 1.29 is 71.7 Å². The van der Waals surface area contributed by atoms with Gasteiger partial charge in [-0.25, -0.2) is 0 Å². The van der Waals surface area contributed by atoms with Gasteiger partial charge in [-0.05, 0) is 48.4 Å². The van der Waals surface area contributed by atoms with Crippen molar-refractivity contribution in [2.75, 3.05) is 32.8 Å². The largest absolute Gasteiger partial charge is 0.504 e. The zero-order valence-electron chi connectivity index (χ0n) is 35.6. The summed E-state index contributed by atoms with van der Waals surface area (Å²) in [5.41, 5.74) is 0.625. The number of hydrogen-bond acceptors (Lipinski definition) is 16. The standard InChI is InChI=1S/C43H54N2O16/c1-9-10-11-12-13-14-19-55-39-36(51)30-17-16-29(22-31(30)45(6)42(39)52)44-35(50)18-15-28-20-32(53-7)37(33(21-28)54-8)61-43-41(59-27(5)49)40(58-26(4)48)38(57-25(3)47)34(60-43)23-56-24(2)46/h15-18,20-22,34,38,40-41,43,51H,9-14,19,23H2,1-8H3,(H,44,50)/b18-15+/t34-,38+,40+,41-,43+/m1/s1. The van der Waals surface area contributed by atoms with E-state index < -0.39 is 72.7 Å². The molecule has 1 fully saturated rings. The van der Waals surface area contributed by atoms with Crippen LogP contribution in [0, 0.1) is 0 Å². The van der Waals surface area contributed by atoms with Crippen molar-refractivity contribution in [2.24, 2.45) is 7.05 Å². The van der Waals surface area contributed by atoms with Crippen LogP contribution in [-0.4, -0.2) is 97.6 Å². The lowest BCUT2D eigenvalue weighted by molar-refractivity contribution is -0.288. The van der Waals surface area contributed by atoms with Crippen LogP contribution >= 0.6 is 0 Å². The van der Waals surface area contributed by atoms with E-state index in [0.717, 1.165) is 59.8 Å². The summed E-state index contributed by atoms with van der Waals surface area (Å²) in [6.45, 7) is 6.45. The molecule has 4 rings (SSSR count). The highest BCUT2D eigenvalue weighted by atomic mass is 16.7. The molecule has 2 aromatic carbocycles. The average Bonchev–Trinajstić information content (AvgIpc) is 3.20. The zero-order valence-corrected chi connectivity index (χ0v) is 35.6. The molecular formula is C43H54N2O16. The maximum Gasteiger partial charge on any atom is 0.303 e. The third kappa shape index (κ3) is 12.8. The molecule has 332 valence electrons. The van der Waals surface area contributed by atoms with Crippen molar-refractivity contribution >= 4 is 52.5 Å². The van der Waals surface area contributed by atoms with Crippen LogP contribution < -0.4 is 29.8 Å². The molecule has 1 amide bonds. The van der Waals surface area contributed by atoms with Gasteiger partial charge in [0.15, 0.2) is 29.5 Å². The number of anilines is 1. The molecule has 0 radical (unpaired) electrons. The van der Waals surface area contributed by atoms with E-state index in [1.165, 1.54) is 49.5 Å². The quantitative estimate of drug-likeness (QED) is 0.0652. The Kier molecular flexibility index (Phi) is 17.4. The van der Waals surface area contributed by atoms with Gasteiger partial charge in [0.2, 0.25) is 29.8 Å². The number of nitrogens with one attached hydrogen (secondary N) is 1. The number of carbonyl (C=O) groups is 5. The first-order chi connectivity index (χ1) is 29.1. The van der Waals surface area contributed by atoms with E-state index in [9.17, 15) is 33.9 Å². The van der Waals surface area contributed by atoms with Crippen molar-refractivity contribution in [3.8, 4) is 28.7 Å². The number of aryl methyl sites for hydroxylation is 1. The number of unbranched alkanes of at least 4 members (excludes halogenated alkanes) is 5. The van der Waals surface area contributed by atoms with Gasteiger partial charge in [-0.3, -0.25) is 28.8 Å². The Morgan fingerprint density at radius 1 is 0.803 bits per heavy atom. The second kappa shape index (κ2) is 22.3.